The molecular weight excluding hydrogens is 388 g/mol. The number of aliphatic carboxylic acids is 1. The predicted octanol–water partition coefficient (Wildman–Crippen LogP) is 2.31. The molecule has 0 aliphatic rings. The molecule has 7 nitrogen and oxygen atoms in total. The van der Waals surface area contributed by atoms with Gasteiger partial charge in [-0.2, -0.15) is 16.5 Å². The molecule has 2 aromatic rings. The second-order valence-electron chi connectivity index (χ2n) is 5.72. The van der Waals surface area contributed by atoms with Crippen LogP contribution in [-0.4, -0.2) is 37.2 Å². The van der Waals surface area contributed by atoms with Gasteiger partial charge in [0.1, 0.15) is 6.04 Å². The number of carboxylic acids is 1. The van der Waals surface area contributed by atoms with Crippen molar-refractivity contribution in [1.82, 2.24) is 4.72 Å². The predicted molar refractivity (Wildman–Crippen MR) is 105 cm³/mol. The molecule has 0 saturated heterocycles. The van der Waals surface area contributed by atoms with E-state index >= 15 is 0 Å². The van der Waals surface area contributed by atoms with Crippen molar-refractivity contribution in [3.8, 4) is 0 Å². The fourth-order valence-corrected chi connectivity index (χ4v) is 4.50. The van der Waals surface area contributed by atoms with E-state index < -0.39 is 22.0 Å². The second kappa shape index (κ2) is 9.54. The first-order chi connectivity index (χ1) is 12.8. The maximum Gasteiger partial charge on any atom is 0.322 e. The van der Waals surface area contributed by atoms with Crippen molar-refractivity contribution in [2.24, 2.45) is 0 Å². The van der Waals surface area contributed by atoms with E-state index in [1.165, 1.54) is 43.0 Å². The van der Waals surface area contributed by atoms with Crippen LogP contribution >= 0.6 is 11.8 Å². The van der Waals surface area contributed by atoms with E-state index in [0.717, 1.165) is 5.56 Å². The third-order valence-electron chi connectivity index (χ3n) is 3.48. The van der Waals surface area contributed by atoms with Crippen LogP contribution in [0.4, 0.5) is 5.69 Å². The molecule has 1 amide bonds. The highest BCUT2D eigenvalue weighted by molar-refractivity contribution is 7.98. The molecule has 0 fully saturated rings. The molecule has 0 spiro atoms. The summed E-state index contributed by atoms with van der Waals surface area (Å²) in [6, 6.07) is 13.8. The van der Waals surface area contributed by atoms with Crippen molar-refractivity contribution in [2.75, 3.05) is 11.1 Å². The largest absolute Gasteiger partial charge is 0.480 e. The van der Waals surface area contributed by atoms with E-state index in [1.807, 2.05) is 30.3 Å². The Morgan fingerprint density at radius 1 is 1.07 bits per heavy atom. The summed E-state index contributed by atoms with van der Waals surface area (Å²) in [7, 11) is -4.00. The van der Waals surface area contributed by atoms with E-state index in [9.17, 15) is 23.1 Å². The van der Waals surface area contributed by atoms with Gasteiger partial charge < -0.3 is 10.4 Å². The fourth-order valence-electron chi connectivity index (χ4n) is 2.20. The zero-order chi connectivity index (χ0) is 19.9. The minimum absolute atomic E-state index is 0.0732. The molecule has 9 heteroatoms. The highest BCUT2D eigenvalue weighted by Gasteiger charge is 2.25. The molecule has 0 bridgehead atoms. The standard InChI is InChI=1S/C18H20N2O5S2/c1-13(21)19-15-7-9-16(10-8-15)27(24,25)20-17(18(22)23)12-26-11-14-5-3-2-4-6-14/h2-10,17,20H,11-12H2,1H3,(H,19,21)(H,22,23)/t17-/m0/s1. The summed E-state index contributed by atoms with van der Waals surface area (Å²) in [6.07, 6.45) is 0. The lowest BCUT2D eigenvalue weighted by atomic mass is 10.2. The Labute approximate surface area is 162 Å². The summed E-state index contributed by atoms with van der Waals surface area (Å²) in [4.78, 5) is 22.4. The number of thioether (sulfide) groups is 1. The van der Waals surface area contributed by atoms with Gasteiger partial charge in [-0.25, -0.2) is 8.42 Å². The zero-order valence-corrected chi connectivity index (χ0v) is 16.2. The van der Waals surface area contributed by atoms with Gasteiger partial charge >= 0.3 is 5.97 Å². The van der Waals surface area contributed by atoms with E-state index in [1.54, 1.807) is 0 Å². The molecule has 0 saturated carbocycles. The Hall–Kier alpha value is -2.36. The summed E-state index contributed by atoms with van der Waals surface area (Å²) in [6.45, 7) is 1.34. The van der Waals surface area contributed by atoms with Gasteiger partial charge in [-0.3, -0.25) is 9.59 Å². The SMILES string of the molecule is CC(=O)Nc1ccc(S(=O)(=O)N[C@@H](CSCc2ccccc2)C(=O)O)cc1. The number of carbonyl (C=O) groups excluding carboxylic acids is 1. The second-order valence-corrected chi connectivity index (χ2v) is 8.46. The summed E-state index contributed by atoms with van der Waals surface area (Å²) in [5.74, 6) is -0.843. The minimum atomic E-state index is -4.00. The summed E-state index contributed by atoms with van der Waals surface area (Å²) in [5.41, 5.74) is 1.48. The number of hydrogen-bond acceptors (Lipinski definition) is 5. The first-order valence-electron chi connectivity index (χ1n) is 8.02. The van der Waals surface area contributed by atoms with Crippen LogP contribution < -0.4 is 10.0 Å². The summed E-state index contributed by atoms with van der Waals surface area (Å²) < 4.78 is 27.1. The number of rotatable bonds is 9. The Bertz CT molecular complexity index is 884. The molecule has 0 aliphatic carbocycles. The molecule has 0 radical (unpaired) electrons. The molecule has 2 rings (SSSR count). The maximum absolute atomic E-state index is 12.4. The van der Waals surface area contributed by atoms with Crippen LogP contribution in [0.3, 0.4) is 0 Å². The normalized spacial score (nSPS) is 12.3. The average molecular weight is 409 g/mol. The molecule has 144 valence electrons. The molecule has 3 N–H and O–H groups in total. The van der Waals surface area contributed by atoms with Gasteiger partial charge in [-0.05, 0) is 29.8 Å². The van der Waals surface area contributed by atoms with Crippen LogP contribution in [0.25, 0.3) is 0 Å². The monoisotopic (exact) mass is 408 g/mol. The van der Waals surface area contributed by atoms with Gasteiger partial charge in [0, 0.05) is 24.1 Å². The lowest BCUT2D eigenvalue weighted by Crippen LogP contribution is -2.42. The highest BCUT2D eigenvalue weighted by Crippen LogP contribution is 2.17. The van der Waals surface area contributed by atoms with Crippen molar-refractivity contribution in [3.63, 3.8) is 0 Å². The van der Waals surface area contributed by atoms with Crippen molar-refractivity contribution >= 4 is 39.3 Å². The molecule has 0 unspecified atom stereocenters. The first-order valence-corrected chi connectivity index (χ1v) is 10.7. The number of nitrogens with one attached hydrogen (secondary N) is 2. The number of benzene rings is 2. The number of sulfonamides is 1. The zero-order valence-electron chi connectivity index (χ0n) is 14.6. The third kappa shape index (κ3) is 6.70. The number of anilines is 1. The van der Waals surface area contributed by atoms with E-state index in [2.05, 4.69) is 10.0 Å². The smallest absolute Gasteiger partial charge is 0.322 e. The van der Waals surface area contributed by atoms with Gasteiger partial charge in [0.25, 0.3) is 0 Å². The number of carbonyl (C=O) groups is 2. The van der Waals surface area contributed by atoms with Gasteiger partial charge in [-0.1, -0.05) is 30.3 Å². The lowest BCUT2D eigenvalue weighted by Gasteiger charge is -2.15. The molecule has 1 atom stereocenters. The topological polar surface area (TPSA) is 113 Å². The van der Waals surface area contributed by atoms with Crippen LogP contribution in [0.5, 0.6) is 0 Å². The highest BCUT2D eigenvalue weighted by atomic mass is 32.2. The van der Waals surface area contributed by atoms with Crippen molar-refractivity contribution < 1.29 is 23.1 Å². The number of carboxylic acid groups (broad SMARTS) is 1. The molecular formula is C18H20N2O5S2. The first kappa shape index (κ1) is 20.9. The Kier molecular flexibility index (Phi) is 7.40. The van der Waals surface area contributed by atoms with E-state index in [4.69, 9.17) is 0 Å². The van der Waals surface area contributed by atoms with Gasteiger partial charge in [0.2, 0.25) is 15.9 Å². The van der Waals surface area contributed by atoms with Crippen LogP contribution in [0.1, 0.15) is 12.5 Å². The van der Waals surface area contributed by atoms with Gasteiger partial charge in [0.15, 0.2) is 0 Å². The molecule has 0 aromatic heterocycles. The average Bonchev–Trinajstić information content (AvgIpc) is 2.61. The Morgan fingerprint density at radius 3 is 2.26 bits per heavy atom. The summed E-state index contributed by atoms with van der Waals surface area (Å²) in [5, 5.41) is 11.9. The Balaban J connectivity index is 2.01. The Morgan fingerprint density at radius 2 is 1.70 bits per heavy atom. The van der Waals surface area contributed by atoms with Gasteiger partial charge in [-0.15, -0.1) is 0 Å². The van der Waals surface area contributed by atoms with Crippen molar-refractivity contribution in [2.45, 2.75) is 23.6 Å². The fraction of sp³-hybridized carbons (Fsp3) is 0.222. The van der Waals surface area contributed by atoms with Gasteiger partial charge in [0.05, 0.1) is 4.90 Å². The van der Waals surface area contributed by atoms with Crippen molar-refractivity contribution in [3.05, 3.63) is 60.2 Å². The molecule has 2 aromatic carbocycles. The molecule has 0 heterocycles. The van der Waals surface area contributed by atoms with Crippen LogP contribution in [-0.2, 0) is 25.4 Å². The van der Waals surface area contributed by atoms with E-state index in [-0.39, 0.29) is 16.6 Å². The lowest BCUT2D eigenvalue weighted by molar-refractivity contribution is -0.138. The van der Waals surface area contributed by atoms with E-state index in [0.29, 0.717) is 11.4 Å². The molecule has 0 aliphatic heterocycles. The number of amides is 1. The van der Waals surface area contributed by atoms with Crippen LogP contribution in [0.15, 0.2) is 59.5 Å². The van der Waals surface area contributed by atoms with Crippen LogP contribution in [0.2, 0.25) is 0 Å². The van der Waals surface area contributed by atoms with Crippen LogP contribution in [0, 0.1) is 0 Å². The molecule has 27 heavy (non-hydrogen) atoms. The quantitative estimate of drug-likeness (QED) is 0.587. The maximum atomic E-state index is 12.4. The third-order valence-corrected chi connectivity index (χ3v) is 6.07. The summed E-state index contributed by atoms with van der Waals surface area (Å²) >= 11 is 1.33. The minimum Gasteiger partial charge on any atom is -0.480 e. The van der Waals surface area contributed by atoms with Crippen molar-refractivity contribution in [1.29, 1.82) is 0 Å². The number of hydrogen-bond donors (Lipinski definition) is 3.